The van der Waals surface area contributed by atoms with Gasteiger partial charge in [0.05, 0.1) is 0 Å². The molecule has 23 heavy (non-hydrogen) atoms. The molecule has 0 bridgehead atoms. The summed E-state index contributed by atoms with van der Waals surface area (Å²) in [5.74, 6) is 2.30. The zero-order valence-corrected chi connectivity index (χ0v) is 13.5. The average molecular weight is 319 g/mol. The molecular formula is C17H25N3O3. The van der Waals surface area contributed by atoms with Crippen molar-refractivity contribution in [2.24, 2.45) is 17.8 Å². The van der Waals surface area contributed by atoms with Crippen LogP contribution in [-0.4, -0.2) is 29.3 Å². The molecular weight excluding hydrogens is 294 g/mol. The van der Waals surface area contributed by atoms with E-state index < -0.39 is 5.54 Å². The summed E-state index contributed by atoms with van der Waals surface area (Å²) in [5.41, 5.74) is -0.512. The Morgan fingerprint density at radius 1 is 1.22 bits per heavy atom. The minimum absolute atomic E-state index is 0.173. The number of nitrogens with zero attached hydrogens (tertiary/aromatic N) is 2. The number of aromatic nitrogens is 2. The molecule has 2 aliphatic carbocycles. The van der Waals surface area contributed by atoms with Crippen molar-refractivity contribution >= 4 is 5.91 Å². The van der Waals surface area contributed by atoms with E-state index in [-0.39, 0.29) is 11.8 Å². The van der Waals surface area contributed by atoms with Gasteiger partial charge in [-0.15, -0.1) is 0 Å². The third-order valence-corrected chi connectivity index (χ3v) is 5.93. The zero-order chi connectivity index (χ0) is 15.7. The molecule has 0 aromatic carbocycles. The van der Waals surface area contributed by atoms with Gasteiger partial charge in [-0.05, 0) is 18.3 Å². The Kier molecular flexibility index (Phi) is 4.09. The molecule has 3 fully saturated rings. The van der Waals surface area contributed by atoms with Crippen LogP contribution in [0, 0.1) is 17.8 Å². The predicted molar refractivity (Wildman–Crippen MR) is 82.3 cm³/mol. The van der Waals surface area contributed by atoms with Gasteiger partial charge in [-0.2, -0.15) is 4.98 Å². The van der Waals surface area contributed by atoms with Crippen molar-refractivity contribution in [2.75, 3.05) is 13.2 Å². The quantitative estimate of drug-likeness (QED) is 0.922. The molecule has 1 amide bonds. The third kappa shape index (κ3) is 3.01. The number of nitrogens with one attached hydrogen (secondary N) is 1. The summed E-state index contributed by atoms with van der Waals surface area (Å²) >= 11 is 0. The van der Waals surface area contributed by atoms with E-state index >= 15 is 0 Å². The lowest BCUT2D eigenvalue weighted by molar-refractivity contribution is -0.126. The van der Waals surface area contributed by atoms with Gasteiger partial charge in [0.1, 0.15) is 5.54 Å². The standard InChI is InChI=1S/C17H25N3O3/c21-15(14-10-13(14)12-4-2-1-3-5-12)19-17(6-8-22-9-7-17)16-18-11-23-20-16/h11-14H,1-10H2,(H,19,21)/t13-,14-/m1/s1. The number of hydrogen-bond donors (Lipinski definition) is 1. The first-order chi connectivity index (χ1) is 11.3. The summed E-state index contributed by atoms with van der Waals surface area (Å²) in [6, 6.07) is 0. The van der Waals surface area contributed by atoms with Crippen LogP contribution >= 0.6 is 0 Å². The Morgan fingerprint density at radius 2 is 2.00 bits per heavy atom. The second kappa shape index (κ2) is 6.23. The lowest BCUT2D eigenvalue weighted by Gasteiger charge is -2.35. The maximum atomic E-state index is 12.8. The van der Waals surface area contributed by atoms with E-state index in [1.54, 1.807) is 0 Å². The molecule has 0 unspecified atom stereocenters. The van der Waals surface area contributed by atoms with Crippen molar-refractivity contribution in [2.45, 2.75) is 56.9 Å². The smallest absolute Gasteiger partial charge is 0.224 e. The largest absolute Gasteiger partial charge is 0.381 e. The van der Waals surface area contributed by atoms with Crippen molar-refractivity contribution in [1.82, 2.24) is 15.5 Å². The number of carbonyl (C=O) groups is 1. The van der Waals surface area contributed by atoms with Gasteiger partial charge in [0.2, 0.25) is 12.3 Å². The number of ether oxygens (including phenoxy) is 1. The van der Waals surface area contributed by atoms with Gasteiger partial charge in [0.25, 0.3) is 0 Å². The molecule has 1 aromatic heterocycles. The van der Waals surface area contributed by atoms with Gasteiger partial charge in [0.15, 0.2) is 5.82 Å². The van der Waals surface area contributed by atoms with Gasteiger partial charge in [-0.25, -0.2) is 0 Å². The van der Waals surface area contributed by atoms with E-state index in [4.69, 9.17) is 9.26 Å². The molecule has 1 aliphatic heterocycles. The second-order valence-electron chi connectivity index (χ2n) is 7.34. The highest BCUT2D eigenvalue weighted by Crippen LogP contribution is 2.50. The predicted octanol–water partition coefficient (Wildman–Crippen LogP) is 2.41. The van der Waals surface area contributed by atoms with Gasteiger partial charge >= 0.3 is 0 Å². The fourth-order valence-electron chi connectivity index (χ4n) is 4.43. The van der Waals surface area contributed by atoms with E-state index in [2.05, 4.69) is 15.5 Å². The summed E-state index contributed by atoms with van der Waals surface area (Å²) in [4.78, 5) is 17.0. The van der Waals surface area contributed by atoms with Crippen LogP contribution in [0.2, 0.25) is 0 Å². The highest BCUT2D eigenvalue weighted by Gasteiger charge is 2.50. The molecule has 126 valence electrons. The van der Waals surface area contributed by atoms with Crippen molar-refractivity contribution in [1.29, 1.82) is 0 Å². The van der Waals surface area contributed by atoms with E-state index in [0.717, 1.165) is 12.3 Å². The maximum Gasteiger partial charge on any atom is 0.224 e. The maximum absolute atomic E-state index is 12.8. The van der Waals surface area contributed by atoms with Crippen LogP contribution in [0.5, 0.6) is 0 Å². The molecule has 1 saturated heterocycles. The molecule has 4 rings (SSSR count). The number of rotatable bonds is 4. The summed E-state index contributed by atoms with van der Waals surface area (Å²) < 4.78 is 10.4. The van der Waals surface area contributed by atoms with Crippen LogP contribution in [0.3, 0.4) is 0 Å². The number of carbonyl (C=O) groups excluding carboxylic acids is 1. The zero-order valence-electron chi connectivity index (χ0n) is 13.5. The Balaban J connectivity index is 1.42. The summed E-state index contributed by atoms with van der Waals surface area (Å²) in [6.45, 7) is 1.23. The van der Waals surface area contributed by atoms with Gasteiger partial charge < -0.3 is 14.6 Å². The highest BCUT2D eigenvalue weighted by molar-refractivity contribution is 5.82. The lowest BCUT2D eigenvalue weighted by Crippen LogP contribution is -2.51. The first-order valence-electron chi connectivity index (χ1n) is 8.95. The Morgan fingerprint density at radius 3 is 2.70 bits per heavy atom. The van der Waals surface area contributed by atoms with Crippen LogP contribution in [0.1, 0.15) is 57.2 Å². The highest BCUT2D eigenvalue weighted by atomic mass is 16.5. The Labute approximate surface area is 136 Å². The first kappa shape index (κ1) is 15.1. The molecule has 2 saturated carbocycles. The van der Waals surface area contributed by atoms with Gasteiger partial charge in [0, 0.05) is 32.0 Å². The van der Waals surface area contributed by atoms with E-state index in [9.17, 15) is 4.79 Å². The molecule has 0 radical (unpaired) electrons. The topological polar surface area (TPSA) is 77.3 Å². The van der Waals surface area contributed by atoms with Crippen molar-refractivity contribution in [3.8, 4) is 0 Å². The molecule has 2 heterocycles. The number of hydrogen-bond acceptors (Lipinski definition) is 5. The monoisotopic (exact) mass is 319 g/mol. The lowest BCUT2D eigenvalue weighted by atomic mass is 9.84. The minimum Gasteiger partial charge on any atom is -0.381 e. The van der Waals surface area contributed by atoms with Crippen LogP contribution in [0.4, 0.5) is 0 Å². The molecule has 0 spiro atoms. The van der Waals surface area contributed by atoms with E-state index in [1.165, 1.54) is 38.5 Å². The van der Waals surface area contributed by atoms with Crippen molar-refractivity contribution < 1.29 is 14.1 Å². The van der Waals surface area contributed by atoms with Gasteiger partial charge in [-0.1, -0.05) is 37.3 Å². The Bertz CT molecular complexity index is 533. The second-order valence-corrected chi connectivity index (χ2v) is 7.34. The molecule has 6 nitrogen and oxygen atoms in total. The van der Waals surface area contributed by atoms with Crippen molar-refractivity contribution in [3.63, 3.8) is 0 Å². The van der Waals surface area contributed by atoms with Crippen molar-refractivity contribution in [3.05, 3.63) is 12.2 Å². The van der Waals surface area contributed by atoms with Crippen LogP contribution in [0.25, 0.3) is 0 Å². The molecule has 1 aromatic rings. The summed E-state index contributed by atoms with van der Waals surface area (Å²) in [7, 11) is 0. The Hall–Kier alpha value is -1.43. The van der Waals surface area contributed by atoms with Crippen LogP contribution in [0.15, 0.2) is 10.9 Å². The normalized spacial score (nSPS) is 30.8. The SMILES string of the molecule is O=C(NC1(c2ncon2)CCOCC1)[C@@H]1C[C@@H]1C1CCCCC1. The fraction of sp³-hybridized carbons (Fsp3) is 0.824. The summed E-state index contributed by atoms with van der Waals surface area (Å²) in [5, 5.41) is 7.26. The third-order valence-electron chi connectivity index (χ3n) is 5.93. The van der Waals surface area contributed by atoms with Crippen LogP contribution < -0.4 is 5.32 Å². The molecule has 3 aliphatic rings. The van der Waals surface area contributed by atoms with E-state index in [1.807, 2.05) is 0 Å². The minimum atomic E-state index is -0.512. The molecule has 6 heteroatoms. The number of amides is 1. The fourth-order valence-corrected chi connectivity index (χ4v) is 4.43. The first-order valence-corrected chi connectivity index (χ1v) is 8.95. The van der Waals surface area contributed by atoms with Crippen LogP contribution in [-0.2, 0) is 15.1 Å². The van der Waals surface area contributed by atoms with Gasteiger partial charge in [-0.3, -0.25) is 4.79 Å². The van der Waals surface area contributed by atoms with E-state index in [0.29, 0.717) is 37.8 Å². The summed E-state index contributed by atoms with van der Waals surface area (Å²) in [6.07, 6.45) is 10.4. The molecule has 1 N–H and O–H groups in total. The average Bonchev–Trinajstić information content (AvgIpc) is 3.21. The molecule has 2 atom stereocenters.